The molecule has 0 saturated carbocycles. The van der Waals surface area contributed by atoms with Crippen molar-refractivity contribution in [1.29, 1.82) is 0 Å². The molecule has 1 atom stereocenters. The fourth-order valence-corrected chi connectivity index (χ4v) is 2.20. The van der Waals surface area contributed by atoms with Crippen LogP contribution in [0.5, 0.6) is 0 Å². The van der Waals surface area contributed by atoms with Crippen LogP contribution in [0.25, 0.3) is 10.4 Å². The van der Waals surface area contributed by atoms with Gasteiger partial charge in [-0.1, -0.05) is 21.0 Å². The van der Waals surface area contributed by atoms with Gasteiger partial charge in [-0.3, -0.25) is 4.79 Å². The Balaban J connectivity index is 2.41. The van der Waals surface area contributed by atoms with E-state index in [9.17, 15) is 9.18 Å². The summed E-state index contributed by atoms with van der Waals surface area (Å²) in [5, 5.41) is 5.96. The van der Waals surface area contributed by atoms with Crippen LogP contribution in [0.15, 0.2) is 21.7 Å². The Bertz CT molecular complexity index is 527. The van der Waals surface area contributed by atoms with Crippen molar-refractivity contribution < 1.29 is 9.18 Å². The number of anilines is 1. The Kier molecular flexibility index (Phi) is 3.31. The van der Waals surface area contributed by atoms with E-state index in [1.807, 2.05) is 0 Å². The number of carbonyl (C=O) groups is 1. The highest BCUT2D eigenvalue weighted by Gasteiger charge is 2.24. The molecule has 1 aliphatic rings. The van der Waals surface area contributed by atoms with Gasteiger partial charge in [0.1, 0.15) is 11.9 Å². The van der Waals surface area contributed by atoms with E-state index in [1.54, 1.807) is 6.07 Å². The quantitative estimate of drug-likeness (QED) is 0.482. The minimum Gasteiger partial charge on any atom is -0.325 e. The third kappa shape index (κ3) is 2.40. The number of nitrogens with zero attached hydrogens (tertiary/aromatic N) is 3. The van der Waals surface area contributed by atoms with Crippen molar-refractivity contribution in [1.82, 2.24) is 0 Å². The van der Waals surface area contributed by atoms with Gasteiger partial charge in [-0.05, 0) is 30.5 Å². The normalized spacial score (nSPS) is 18.7. The third-order valence-electron chi connectivity index (χ3n) is 2.58. The fourth-order valence-electron chi connectivity index (χ4n) is 1.77. The molecule has 0 aromatic heterocycles. The van der Waals surface area contributed by atoms with E-state index in [4.69, 9.17) is 5.53 Å². The van der Waals surface area contributed by atoms with E-state index >= 15 is 0 Å². The first kappa shape index (κ1) is 11.9. The number of halogens is 2. The number of amides is 1. The van der Waals surface area contributed by atoms with Gasteiger partial charge in [-0.2, -0.15) is 0 Å². The molecular formula is C10H8BrFN4O. The van der Waals surface area contributed by atoms with Crippen LogP contribution in [0.1, 0.15) is 12.0 Å². The molecule has 2 rings (SSSR count). The Morgan fingerprint density at radius 3 is 3.06 bits per heavy atom. The van der Waals surface area contributed by atoms with Crippen LogP contribution < -0.4 is 5.32 Å². The second-order valence-electron chi connectivity index (χ2n) is 3.66. The highest BCUT2D eigenvalue weighted by atomic mass is 79.9. The Morgan fingerprint density at radius 2 is 2.35 bits per heavy atom. The topological polar surface area (TPSA) is 77.9 Å². The van der Waals surface area contributed by atoms with E-state index in [0.717, 1.165) is 0 Å². The summed E-state index contributed by atoms with van der Waals surface area (Å²) >= 11 is 3.16. The Labute approximate surface area is 105 Å². The van der Waals surface area contributed by atoms with E-state index in [2.05, 4.69) is 31.3 Å². The highest BCUT2D eigenvalue weighted by molar-refractivity contribution is 9.10. The van der Waals surface area contributed by atoms with Gasteiger partial charge in [0.05, 0.1) is 0 Å². The van der Waals surface area contributed by atoms with Gasteiger partial charge in [0.15, 0.2) is 0 Å². The van der Waals surface area contributed by atoms with Crippen molar-refractivity contribution in [2.45, 2.75) is 18.9 Å². The molecule has 1 aliphatic heterocycles. The molecule has 0 radical (unpaired) electrons. The predicted octanol–water partition coefficient (Wildman–Crippen LogP) is 3.15. The number of hydrogen-bond donors (Lipinski definition) is 1. The molecule has 5 nitrogen and oxygen atoms in total. The molecule has 1 aromatic rings. The van der Waals surface area contributed by atoms with Crippen LogP contribution in [-0.2, 0) is 11.2 Å². The molecule has 1 amide bonds. The molecule has 7 heteroatoms. The van der Waals surface area contributed by atoms with Gasteiger partial charge in [-0.15, -0.1) is 0 Å². The molecule has 0 fully saturated rings. The highest BCUT2D eigenvalue weighted by Crippen LogP contribution is 2.29. The molecule has 1 N–H and O–H groups in total. The molecule has 88 valence electrons. The molecule has 1 aromatic carbocycles. The summed E-state index contributed by atoms with van der Waals surface area (Å²) in [4.78, 5) is 14.3. The lowest BCUT2D eigenvalue weighted by Crippen LogP contribution is -2.24. The smallest absolute Gasteiger partial charge is 0.233 e. The average molecular weight is 299 g/mol. The molecule has 1 heterocycles. The second kappa shape index (κ2) is 4.73. The van der Waals surface area contributed by atoms with Gasteiger partial charge in [0.2, 0.25) is 5.91 Å². The lowest BCUT2D eigenvalue weighted by atomic mass is 10.1. The Hall–Kier alpha value is -1.59. The first-order valence-corrected chi connectivity index (χ1v) is 5.74. The van der Waals surface area contributed by atoms with Crippen molar-refractivity contribution in [2.75, 3.05) is 5.32 Å². The zero-order chi connectivity index (χ0) is 12.4. The molecule has 17 heavy (non-hydrogen) atoms. The number of azide groups is 1. The number of rotatable bonds is 1. The second-order valence-corrected chi connectivity index (χ2v) is 4.58. The largest absolute Gasteiger partial charge is 0.325 e. The van der Waals surface area contributed by atoms with Gasteiger partial charge in [-0.25, -0.2) is 4.39 Å². The maximum absolute atomic E-state index is 13.7. The van der Waals surface area contributed by atoms with E-state index in [-0.39, 0.29) is 5.82 Å². The molecular weight excluding hydrogens is 291 g/mol. The predicted molar refractivity (Wildman–Crippen MR) is 64.0 cm³/mol. The van der Waals surface area contributed by atoms with Crippen molar-refractivity contribution >= 4 is 27.5 Å². The zero-order valence-corrected chi connectivity index (χ0v) is 10.2. The van der Waals surface area contributed by atoms with E-state index in [1.165, 1.54) is 6.07 Å². The SMILES string of the molecule is [N-]=[N+]=NC1CCc2c(F)cc(Br)cc2NC1=O. The molecule has 0 aliphatic carbocycles. The van der Waals surface area contributed by atoms with Crippen LogP contribution in [0, 0.1) is 5.82 Å². The molecule has 0 saturated heterocycles. The van der Waals surface area contributed by atoms with E-state index in [0.29, 0.717) is 28.6 Å². The lowest BCUT2D eigenvalue weighted by Gasteiger charge is -2.08. The maximum atomic E-state index is 13.7. The summed E-state index contributed by atoms with van der Waals surface area (Å²) in [6.45, 7) is 0. The van der Waals surface area contributed by atoms with Crippen LogP contribution in [0.3, 0.4) is 0 Å². The summed E-state index contributed by atoms with van der Waals surface area (Å²) in [5.74, 6) is -0.782. The number of carbonyl (C=O) groups excluding carboxylic acids is 1. The third-order valence-corrected chi connectivity index (χ3v) is 3.04. The first-order valence-electron chi connectivity index (χ1n) is 4.95. The number of hydrogen-bond acceptors (Lipinski definition) is 2. The van der Waals surface area contributed by atoms with Crippen molar-refractivity contribution in [2.24, 2.45) is 5.11 Å². The number of nitrogens with one attached hydrogen (secondary N) is 1. The minimum absolute atomic E-state index is 0.307. The summed E-state index contributed by atoms with van der Waals surface area (Å²) < 4.78 is 14.2. The molecule has 1 unspecified atom stereocenters. The number of benzene rings is 1. The summed E-state index contributed by atoms with van der Waals surface area (Å²) in [6, 6.07) is 2.19. The monoisotopic (exact) mass is 298 g/mol. The van der Waals surface area contributed by atoms with Crippen LogP contribution >= 0.6 is 15.9 Å². The molecule has 0 bridgehead atoms. The maximum Gasteiger partial charge on any atom is 0.233 e. The van der Waals surface area contributed by atoms with Gasteiger partial charge < -0.3 is 5.32 Å². The minimum atomic E-state index is -0.787. The lowest BCUT2D eigenvalue weighted by molar-refractivity contribution is -0.117. The zero-order valence-electron chi connectivity index (χ0n) is 8.65. The standard InChI is InChI=1S/C10H8BrFN4O/c11-5-3-7(12)6-1-2-8(15-16-13)10(17)14-9(6)4-5/h3-4,8H,1-2H2,(H,14,17). The van der Waals surface area contributed by atoms with Crippen molar-refractivity contribution in [3.8, 4) is 0 Å². The van der Waals surface area contributed by atoms with Crippen molar-refractivity contribution in [3.63, 3.8) is 0 Å². The van der Waals surface area contributed by atoms with Crippen LogP contribution in [0.4, 0.5) is 10.1 Å². The van der Waals surface area contributed by atoms with E-state index < -0.39 is 11.9 Å². The summed E-state index contributed by atoms with van der Waals surface area (Å²) in [5.41, 5.74) is 9.21. The summed E-state index contributed by atoms with van der Waals surface area (Å²) in [7, 11) is 0. The Morgan fingerprint density at radius 1 is 1.59 bits per heavy atom. The van der Waals surface area contributed by atoms with Gasteiger partial charge >= 0.3 is 0 Å². The summed E-state index contributed by atoms with van der Waals surface area (Å²) in [6.07, 6.45) is 0.665. The van der Waals surface area contributed by atoms with Crippen LogP contribution in [0.2, 0.25) is 0 Å². The average Bonchev–Trinajstić information content (AvgIpc) is 2.39. The van der Waals surface area contributed by atoms with Crippen LogP contribution in [-0.4, -0.2) is 11.9 Å². The fraction of sp³-hybridized carbons (Fsp3) is 0.300. The molecule has 0 spiro atoms. The first-order chi connectivity index (χ1) is 8.11. The van der Waals surface area contributed by atoms with Crippen molar-refractivity contribution in [3.05, 3.63) is 38.4 Å². The van der Waals surface area contributed by atoms with Gasteiger partial charge in [0.25, 0.3) is 0 Å². The van der Waals surface area contributed by atoms with Gasteiger partial charge in [0, 0.05) is 20.6 Å². The number of fused-ring (bicyclic) bond motifs is 1.